The zero-order chi connectivity index (χ0) is 48.4. The maximum Gasteiger partial charge on any atom is 0.135 e. The van der Waals surface area contributed by atoms with Gasteiger partial charge in [-0.15, -0.1) is 0 Å². The Labute approximate surface area is 422 Å². The van der Waals surface area contributed by atoms with Crippen molar-refractivity contribution in [3.8, 4) is 44.8 Å². The Balaban J connectivity index is 0.808. The molecule has 1 aliphatic rings. The average Bonchev–Trinajstić information content (AvgIpc) is 4.17. The molecule has 4 nitrogen and oxygen atoms in total. The van der Waals surface area contributed by atoms with Crippen LogP contribution in [-0.2, 0) is 5.41 Å². The molecule has 11 aromatic carbocycles. The van der Waals surface area contributed by atoms with Crippen molar-refractivity contribution in [1.82, 2.24) is 9.13 Å². The summed E-state index contributed by atoms with van der Waals surface area (Å²) in [5.41, 5.74) is 21.9. The highest BCUT2D eigenvalue weighted by molar-refractivity contribution is 6.11. The van der Waals surface area contributed by atoms with Gasteiger partial charge in [0.1, 0.15) is 11.2 Å². The minimum absolute atomic E-state index is 0.259. The van der Waals surface area contributed by atoms with Crippen LogP contribution < -0.4 is 4.90 Å². The number of furan rings is 1. The number of hydrogen-bond donors (Lipinski definition) is 0. The first kappa shape index (κ1) is 41.4. The molecule has 14 aromatic rings. The van der Waals surface area contributed by atoms with Gasteiger partial charge in [-0.25, -0.2) is 0 Å². The smallest absolute Gasteiger partial charge is 0.135 e. The largest absolute Gasteiger partial charge is 0.456 e. The molecule has 3 heterocycles. The van der Waals surface area contributed by atoms with Crippen LogP contribution in [0.4, 0.5) is 17.1 Å². The molecule has 0 fully saturated rings. The number of para-hydroxylation sites is 5. The summed E-state index contributed by atoms with van der Waals surface area (Å²) in [5, 5.41) is 7.26. The minimum Gasteiger partial charge on any atom is -0.456 e. The number of hydrogen-bond acceptors (Lipinski definition) is 2. The molecule has 0 saturated heterocycles. The van der Waals surface area contributed by atoms with Crippen LogP contribution in [0.2, 0.25) is 0 Å². The molecule has 73 heavy (non-hydrogen) atoms. The lowest BCUT2D eigenvalue weighted by Gasteiger charge is -2.28. The van der Waals surface area contributed by atoms with E-state index < -0.39 is 0 Å². The van der Waals surface area contributed by atoms with Crippen LogP contribution in [0, 0.1) is 0 Å². The van der Waals surface area contributed by atoms with E-state index >= 15 is 0 Å². The Morgan fingerprint density at radius 2 is 0.767 bits per heavy atom. The third-order valence-corrected chi connectivity index (χ3v) is 15.7. The van der Waals surface area contributed by atoms with E-state index in [2.05, 4.69) is 271 Å². The molecular formula is C69H47N3O. The molecule has 0 saturated carbocycles. The van der Waals surface area contributed by atoms with Gasteiger partial charge in [-0.3, -0.25) is 0 Å². The molecule has 0 N–H and O–H groups in total. The SMILES string of the molecule is CC1(C)c2cc(-c3ccc4c5ccccc5n(-c5ccccc5)c4c3)ccc2-c2ccc(N(c3ccc(-c4ccc(-n5c6ccccc6c6ccccc65)cc4)cc3)c3ccc4oc5ccccc5c4c3)cc21. The summed E-state index contributed by atoms with van der Waals surface area (Å²) >= 11 is 0. The summed E-state index contributed by atoms with van der Waals surface area (Å²) in [6.07, 6.45) is 0. The lowest BCUT2D eigenvalue weighted by molar-refractivity contribution is 0.660. The average molecular weight is 934 g/mol. The maximum absolute atomic E-state index is 6.34. The molecular weight excluding hydrogens is 887 g/mol. The lowest BCUT2D eigenvalue weighted by atomic mass is 9.81. The molecule has 0 radical (unpaired) electrons. The second-order valence-corrected chi connectivity index (χ2v) is 20.1. The molecule has 0 spiro atoms. The van der Waals surface area contributed by atoms with Crippen LogP contribution in [0.15, 0.2) is 253 Å². The highest BCUT2D eigenvalue weighted by Gasteiger charge is 2.36. The first-order valence-electron chi connectivity index (χ1n) is 25.2. The molecule has 0 atom stereocenters. The normalized spacial score (nSPS) is 12.9. The minimum atomic E-state index is -0.259. The molecule has 15 rings (SSSR count). The summed E-state index contributed by atoms with van der Waals surface area (Å²) in [4.78, 5) is 2.40. The standard InChI is InChI=1S/C69H47N3O/c1-69(2)61-40-46(47-29-37-58-57-18-8-12-22-65(57)72(66(58)41-47)48-14-4-3-5-15-48)28-36-53(61)54-38-34-52(43-62(54)69)70(51-35-39-68-60(42-51)59-19-9-13-23-67(59)73-68)49-30-24-44(25-31-49)45-26-32-50(33-27-45)71-63-20-10-6-16-55(63)56-17-7-11-21-64(56)71/h3-43H,1-2H3. The molecule has 3 aromatic heterocycles. The van der Waals surface area contributed by atoms with Gasteiger partial charge in [0.05, 0.1) is 22.1 Å². The Kier molecular flexibility index (Phi) is 8.97. The topological polar surface area (TPSA) is 26.2 Å². The van der Waals surface area contributed by atoms with Crippen molar-refractivity contribution >= 4 is 82.6 Å². The number of aromatic nitrogens is 2. The maximum atomic E-state index is 6.34. The third-order valence-electron chi connectivity index (χ3n) is 15.7. The van der Waals surface area contributed by atoms with Gasteiger partial charge in [-0.2, -0.15) is 0 Å². The fourth-order valence-electron chi connectivity index (χ4n) is 12.2. The lowest BCUT2D eigenvalue weighted by Crippen LogP contribution is -2.16. The third kappa shape index (κ3) is 6.33. The highest BCUT2D eigenvalue weighted by atomic mass is 16.3. The van der Waals surface area contributed by atoms with Crippen molar-refractivity contribution in [3.05, 3.63) is 260 Å². The second kappa shape index (κ2) is 15.8. The fourth-order valence-corrected chi connectivity index (χ4v) is 12.2. The molecule has 0 amide bonds. The summed E-state index contributed by atoms with van der Waals surface area (Å²) in [6.45, 7) is 4.77. The van der Waals surface area contributed by atoms with Gasteiger partial charge in [0.2, 0.25) is 0 Å². The van der Waals surface area contributed by atoms with E-state index in [1.54, 1.807) is 0 Å². The number of nitrogens with zero attached hydrogens (tertiary/aromatic N) is 3. The quantitative estimate of drug-likeness (QED) is 0.159. The van der Waals surface area contributed by atoms with E-state index in [-0.39, 0.29) is 5.41 Å². The van der Waals surface area contributed by atoms with Crippen LogP contribution >= 0.6 is 0 Å². The van der Waals surface area contributed by atoms with Gasteiger partial charge in [0.15, 0.2) is 0 Å². The second-order valence-electron chi connectivity index (χ2n) is 20.1. The van der Waals surface area contributed by atoms with E-state index in [1.165, 1.54) is 82.6 Å². The number of benzene rings is 11. The zero-order valence-corrected chi connectivity index (χ0v) is 40.4. The highest BCUT2D eigenvalue weighted by Crippen LogP contribution is 2.52. The Bertz CT molecular complexity index is 4460. The molecule has 0 bridgehead atoms. The predicted molar refractivity (Wildman–Crippen MR) is 306 cm³/mol. The van der Waals surface area contributed by atoms with Crippen molar-refractivity contribution in [3.63, 3.8) is 0 Å². The van der Waals surface area contributed by atoms with Gasteiger partial charge < -0.3 is 18.5 Å². The zero-order valence-electron chi connectivity index (χ0n) is 40.4. The molecule has 344 valence electrons. The fraction of sp³-hybridized carbons (Fsp3) is 0.0435. The predicted octanol–water partition coefficient (Wildman–Crippen LogP) is 18.9. The Morgan fingerprint density at radius 1 is 0.315 bits per heavy atom. The van der Waals surface area contributed by atoms with Crippen LogP contribution in [0.3, 0.4) is 0 Å². The van der Waals surface area contributed by atoms with Gasteiger partial charge in [0, 0.05) is 66.2 Å². The first-order valence-corrected chi connectivity index (χ1v) is 25.2. The van der Waals surface area contributed by atoms with Crippen molar-refractivity contribution in [2.45, 2.75) is 19.3 Å². The first-order chi connectivity index (χ1) is 35.9. The van der Waals surface area contributed by atoms with Crippen molar-refractivity contribution in [2.75, 3.05) is 4.90 Å². The number of fused-ring (bicyclic) bond motifs is 12. The summed E-state index contributed by atoms with van der Waals surface area (Å²) in [6, 6.07) is 90.9. The summed E-state index contributed by atoms with van der Waals surface area (Å²) in [5.74, 6) is 0. The van der Waals surface area contributed by atoms with Crippen molar-refractivity contribution < 1.29 is 4.42 Å². The van der Waals surface area contributed by atoms with Gasteiger partial charge in [0.25, 0.3) is 0 Å². The molecule has 0 unspecified atom stereocenters. The number of rotatable bonds is 7. The molecule has 4 heteroatoms. The van der Waals surface area contributed by atoms with E-state index in [0.29, 0.717) is 0 Å². The Morgan fingerprint density at radius 3 is 1.45 bits per heavy atom. The van der Waals surface area contributed by atoms with E-state index in [4.69, 9.17) is 4.42 Å². The van der Waals surface area contributed by atoms with Gasteiger partial charge >= 0.3 is 0 Å². The van der Waals surface area contributed by atoms with E-state index in [9.17, 15) is 0 Å². The Hall–Kier alpha value is -9.38. The van der Waals surface area contributed by atoms with E-state index in [0.717, 1.165) is 55.9 Å². The van der Waals surface area contributed by atoms with Crippen LogP contribution in [0.1, 0.15) is 25.0 Å². The van der Waals surface area contributed by atoms with Crippen LogP contribution in [0.25, 0.3) is 110 Å². The summed E-state index contributed by atoms with van der Waals surface area (Å²) < 4.78 is 11.1. The van der Waals surface area contributed by atoms with Crippen molar-refractivity contribution in [1.29, 1.82) is 0 Å². The summed E-state index contributed by atoms with van der Waals surface area (Å²) in [7, 11) is 0. The monoisotopic (exact) mass is 933 g/mol. The number of anilines is 3. The molecule has 1 aliphatic carbocycles. The van der Waals surface area contributed by atoms with Crippen molar-refractivity contribution in [2.24, 2.45) is 0 Å². The van der Waals surface area contributed by atoms with Gasteiger partial charge in [-0.05, 0) is 148 Å². The van der Waals surface area contributed by atoms with E-state index in [1.807, 2.05) is 6.07 Å². The van der Waals surface area contributed by atoms with Crippen LogP contribution in [-0.4, -0.2) is 9.13 Å². The van der Waals surface area contributed by atoms with Crippen LogP contribution in [0.5, 0.6) is 0 Å². The van der Waals surface area contributed by atoms with Gasteiger partial charge in [-0.1, -0.05) is 159 Å². The molecule has 0 aliphatic heterocycles.